The van der Waals surface area contributed by atoms with Gasteiger partial charge in [-0.3, -0.25) is 9.59 Å². The zero-order valence-electron chi connectivity index (χ0n) is 18.2. The summed E-state index contributed by atoms with van der Waals surface area (Å²) in [4.78, 5) is 28.9. The van der Waals surface area contributed by atoms with E-state index in [9.17, 15) is 9.59 Å². The van der Waals surface area contributed by atoms with Gasteiger partial charge in [0, 0.05) is 24.1 Å². The van der Waals surface area contributed by atoms with E-state index in [1.807, 2.05) is 67.6 Å². The van der Waals surface area contributed by atoms with Gasteiger partial charge in [-0.15, -0.1) is 0 Å². The molecular formula is C26H24N2O3S. The van der Waals surface area contributed by atoms with Crippen molar-refractivity contribution < 1.29 is 14.3 Å². The summed E-state index contributed by atoms with van der Waals surface area (Å²) in [5, 5.41) is 2.93. The van der Waals surface area contributed by atoms with E-state index in [0.717, 1.165) is 33.0 Å². The number of carbonyl (C=O) groups excluding carboxylic acids is 2. The van der Waals surface area contributed by atoms with Crippen LogP contribution in [0.25, 0.3) is 6.08 Å². The zero-order valence-corrected chi connectivity index (χ0v) is 19.0. The van der Waals surface area contributed by atoms with Crippen LogP contribution < -0.4 is 15.0 Å². The summed E-state index contributed by atoms with van der Waals surface area (Å²) in [6.45, 7) is 2.44. The Morgan fingerprint density at radius 3 is 2.56 bits per heavy atom. The molecule has 5 nitrogen and oxygen atoms in total. The highest BCUT2D eigenvalue weighted by atomic mass is 32.2. The molecule has 1 heterocycles. The number of anilines is 1. The van der Waals surface area contributed by atoms with Crippen molar-refractivity contribution in [2.24, 2.45) is 0 Å². The number of amides is 2. The normalized spacial score (nSPS) is 14.3. The lowest BCUT2D eigenvalue weighted by Gasteiger charge is -2.27. The maximum absolute atomic E-state index is 13.0. The van der Waals surface area contributed by atoms with E-state index in [-0.39, 0.29) is 11.8 Å². The van der Waals surface area contributed by atoms with E-state index >= 15 is 0 Å². The Morgan fingerprint density at radius 2 is 1.84 bits per heavy atom. The SMILES string of the molecule is COc1ccc(CNC(=O)c2ccc3c(c2)N(C)C(=O)C(=Cc2ccccc2C)S3)cc1. The fraction of sp³-hybridized carbons (Fsp3) is 0.154. The van der Waals surface area contributed by atoms with Gasteiger partial charge in [-0.05, 0) is 60.0 Å². The van der Waals surface area contributed by atoms with Crippen LogP contribution in [0.3, 0.4) is 0 Å². The molecule has 3 aromatic carbocycles. The average Bonchev–Trinajstić information content (AvgIpc) is 2.82. The predicted molar refractivity (Wildman–Crippen MR) is 129 cm³/mol. The van der Waals surface area contributed by atoms with Gasteiger partial charge in [0.1, 0.15) is 5.75 Å². The maximum Gasteiger partial charge on any atom is 0.264 e. The van der Waals surface area contributed by atoms with Crippen LogP contribution in [0.1, 0.15) is 27.0 Å². The summed E-state index contributed by atoms with van der Waals surface area (Å²) in [5.74, 6) is 0.507. The van der Waals surface area contributed by atoms with E-state index in [0.29, 0.717) is 17.0 Å². The Morgan fingerprint density at radius 1 is 1.09 bits per heavy atom. The number of benzene rings is 3. The minimum Gasteiger partial charge on any atom is -0.497 e. The second-order valence-corrected chi connectivity index (χ2v) is 8.63. The highest BCUT2D eigenvalue weighted by molar-refractivity contribution is 8.04. The quantitative estimate of drug-likeness (QED) is 0.560. The molecule has 3 aromatic rings. The minimum absolute atomic E-state index is 0.0819. The van der Waals surface area contributed by atoms with Crippen molar-refractivity contribution >= 4 is 35.3 Å². The molecule has 0 saturated carbocycles. The molecule has 32 heavy (non-hydrogen) atoms. The molecule has 0 aliphatic carbocycles. The van der Waals surface area contributed by atoms with E-state index in [2.05, 4.69) is 5.32 Å². The van der Waals surface area contributed by atoms with Crippen molar-refractivity contribution in [1.82, 2.24) is 5.32 Å². The fourth-order valence-electron chi connectivity index (χ4n) is 3.45. The van der Waals surface area contributed by atoms with Gasteiger partial charge < -0.3 is 15.0 Å². The number of thioether (sulfide) groups is 1. The van der Waals surface area contributed by atoms with Crippen molar-refractivity contribution in [3.8, 4) is 5.75 Å². The molecule has 0 atom stereocenters. The van der Waals surface area contributed by atoms with Gasteiger partial charge in [0.25, 0.3) is 11.8 Å². The van der Waals surface area contributed by atoms with Crippen LogP contribution in [0.5, 0.6) is 5.75 Å². The summed E-state index contributed by atoms with van der Waals surface area (Å²) < 4.78 is 5.16. The van der Waals surface area contributed by atoms with Crippen LogP contribution in [0.15, 0.2) is 76.5 Å². The second-order valence-electron chi connectivity index (χ2n) is 7.54. The molecule has 2 amide bonds. The van der Waals surface area contributed by atoms with Crippen LogP contribution in [-0.4, -0.2) is 26.0 Å². The summed E-state index contributed by atoms with van der Waals surface area (Å²) >= 11 is 1.43. The first kappa shape index (κ1) is 21.7. The number of fused-ring (bicyclic) bond motifs is 1. The second kappa shape index (κ2) is 9.32. The number of likely N-dealkylation sites (N-methyl/N-ethyl adjacent to an activating group) is 1. The molecule has 162 valence electrons. The van der Waals surface area contributed by atoms with Crippen LogP contribution in [0.4, 0.5) is 5.69 Å². The Bertz CT molecular complexity index is 1200. The molecule has 0 saturated heterocycles. The highest BCUT2D eigenvalue weighted by Crippen LogP contribution is 2.42. The Hall–Kier alpha value is -3.51. The molecule has 0 aromatic heterocycles. The number of hydrogen-bond acceptors (Lipinski definition) is 4. The first-order valence-corrected chi connectivity index (χ1v) is 11.1. The Labute approximate surface area is 192 Å². The third kappa shape index (κ3) is 4.55. The van der Waals surface area contributed by atoms with Gasteiger partial charge in [-0.25, -0.2) is 0 Å². The number of rotatable bonds is 5. The van der Waals surface area contributed by atoms with Gasteiger partial charge in [0.15, 0.2) is 0 Å². The van der Waals surface area contributed by atoms with Gasteiger partial charge >= 0.3 is 0 Å². The van der Waals surface area contributed by atoms with Crippen LogP contribution in [0, 0.1) is 6.92 Å². The third-order valence-electron chi connectivity index (χ3n) is 5.40. The number of methoxy groups -OCH3 is 1. The minimum atomic E-state index is -0.185. The third-order valence-corrected chi connectivity index (χ3v) is 6.48. The number of nitrogens with zero attached hydrogens (tertiary/aromatic N) is 1. The van der Waals surface area contributed by atoms with E-state index < -0.39 is 0 Å². The molecule has 0 fully saturated rings. The van der Waals surface area contributed by atoms with Crippen LogP contribution >= 0.6 is 11.8 Å². The first-order chi connectivity index (χ1) is 15.5. The first-order valence-electron chi connectivity index (χ1n) is 10.2. The van der Waals surface area contributed by atoms with Gasteiger partial charge in [-0.1, -0.05) is 48.2 Å². The maximum atomic E-state index is 13.0. The highest BCUT2D eigenvalue weighted by Gasteiger charge is 2.27. The van der Waals surface area contributed by atoms with E-state index in [1.165, 1.54) is 11.8 Å². The molecular weight excluding hydrogens is 420 g/mol. The Kier molecular flexibility index (Phi) is 6.32. The zero-order chi connectivity index (χ0) is 22.7. The predicted octanol–water partition coefficient (Wildman–Crippen LogP) is 5.04. The van der Waals surface area contributed by atoms with Crippen LogP contribution in [0.2, 0.25) is 0 Å². The molecule has 0 radical (unpaired) electrons. The average molecular weight is 445 g/mol. The smallest absolute Gasteiger partial charge is 0.264 e. The Balaban J connectivity index is 1.51. The molecule has 4 rings (SSSR count). The van der Waals surface area contributed by atoms with Crippen LogP contribution in [-0.2, 0) is 11.3 Å². The lowest BCUT2D eigenvalue weighted by Crippen LogP contribution is -2.31. The number of carbonyl (C=O) groups is 2. The van der Waals surface area contributed by atoms with Crippen molar-refractivity contribution in [3.63, 3.8) is 0 Å². The number of ether oxygens (including phenoxy) is 1. The van der Waals surface area contributed by atoms with Crippen molar-refractivity contribution in [3.05, 3.63) is 93.9 Å². The summed E-state index contributed by atoms with van der Waals surface area (Å²) in [7, 11) is 3.36. The lowest BCUT2D eigenvalue weighted by molar-refractivity contribution is -0.114. The summed E-state index contributed by atoms with van der Waals surface area (Å²) in [6.07, 6.45) is 1.93. The number of hydrogen-bond donors (Lipinski definition) is 1. The molecule has 1 N–H and O–H groups in total. The largest absolute Gasteiger partial charge is 0.497 e. The van der Waals surface area contributed by atoms with Crippen molar-refractivity contribution in [1.29, 1.82) is 0 Å². The molecule has 6 heteroatoms. The van der Waals surface area contributed by atoms with Gasteiger partial charge in [0.2, 0.25) is 0 Å². The standard InChI is InChI=1S/C26H24N2O3S/c1-17-6-4-5-7-19(17)15-24-26(30)28(2)22-14-20(10-13-23(22)32-24)25(29)27-16-18-8-11-21(31-3)12-9-18/h4-15H,16H2,1-3H3,(H,27,29). The molecule has 0 bridgehead atoms. The van der Waals surface area contributed by atoms with Gasteiger partial charge in [0.05, 0.1) is 17.7 Å². The topological polar surface area (TPSA) is 58.6 Å². The monoisotopic (exact) mass is 444 g/mol. The molecule has 1 aliphatic heterocycles. The van der Waals surface area contributed by atoms with Gasteiger partial charge in [-0.2, -0.15) is 0 Å². The summed E-state index contributed by atoms with van der Waals surface area (Å²) in [5.41, 5.74) is 4.37. The van der Waals surface area contributed by atoms with E-state index in [4.69, 9.17) is 4.74 Å². The fourth-order valence-corrected chi connectivity index (χ4v) is 4.54. The van der Waals surface area contributed by atoms with Crippen molar-refractivity contribution in [2.75, 3.05) is 19.1 Å². The lowest BCUT2D eigenvalue weighted by atomic mass is 10.1. The number of aryl methyl sites for hydroxylation is 1. The van der Waals surface area contributed by atoms with E-state index in [1.54, 1.807) is 31.2 Å². The van der Waals surface area contributed by atoms with Crippen molar-refractivity contribution in [2.45, 2.75) is 18.4 Å². The number of nitrogens with one attached hydrogen (secondary N) is 1. The molecule has 0 unspecified atom stereocenters. The molecule has 1 aliphatic rings. The summed E-state index contributed by atoms with van der Waals surface area (Å²) in [6, 6.07) is 21.0. The molecule has 0 spiro atoms.